The Labute approximate surface area is 118 Å². The van der Waals surface area contributed by atoms with E-state index < -0.39 is 21.6 Å². The Morgan fingerprint density at radius 2 is 1.90 bits per heavy atom. The number of H-pyrrole nitrogens is 1. The fourth-order valence-electron chi connectivity index (χ4n) is 1.84. The van der Waals surface area contributed by atoms with E-state index in [1.165, 1.54) is 36.4 Å². The summed E-state index contributed by atoms with van der Waals surface area (Å²) in [7, 11) is -3.98. The number of aromatic nitrogens is 1. The molecule has 0 fully saturated rings. The maximum atomic E-state index is 13.5. The lowest BCUT2D eigenvalue weighted by atomic mass is 10.3. The maximum absolute atomic E-state index is 13.5. The van der Waals surface area contributed by atoms with E-state index in [-0.39, 0.29) is 16.2 Å². The van der Waals surface area contributed by atoms with E-state index in [0.717, 1.165) is 6.07 Å². The smallest absolute Gasteiger partial charge is 0.408 e. The lowest BCUT2D eigenvalue weighted by Gasteiger charge is -2.08. The minimum atomic E-state index is -3.98. The van der Waals surface area contributed by atoms with Gasteiger partial charge in [-0.2, -0.15) is 0 Å². The minimum absolute atomic E-state index is 0.108. The third kappa shape index (κ3) is 2.52. The molecule has 21 heavy (non-hydrogen) atoms. The van der Waals surface area contributed by atoms with Crippen LogP contribution in [0, 0.1) is 5.82 Å². The van der Waals surface area contributed by atoms with Crippen LogP contribution in [0.2, 0.25) is 0 Å². The average molecular weight is 308 g/mol. The van der Waals surface area contributed by atoms with Crippen LogP contribution < -0.4 is 10.5 Å². The van der Waals surface area contributed by atoms with Crippen LogP contribution in [0.1, 0.15) is 0 Å². The third-order valence-corrected chi connectivity index (χ3v) is 4.18. The van der Waals surface area contributed by atoms with Crippen LogP contribution in [0.3, 0.4) is 0 Å². The summed E-state index contributed by atoms with van der Waals surface area (Å²) in [6.45, 7) is 0. The predicted octanol–water partition coefficient (Wildman–Crippen LogP) is 2.06. The normalized spacial score (nSPS) is 11.7. The van der Waals surface area contributed by atoms with Crippen molar-refractivity contribution in [3.05, 3.63) is 58.8 Å². The summed E-state index contributed by atoms with van der Waals surface area (Å²) in [5.41, 5.74) is 0.328. The van der Waals surface area contributed by atoms with Crippen molar-refractivity contribution in [2.75, 3.05) is 4.72 Å². The van der Waals surface area contributed by atoms with Crippen molar-refractivity contribution >= 4 is 26.8 Å². The summed E-state index contributed by atoms with van der Waals surface area (Å²) in [5.74, 6) is -1.36. The van der Waals surface area contributed by atoms with E-state index >= 15 is 0 Å². The van der Waals surface area contributed by atoms with E-state index in [0.29, 0.717) is 5.52 Å². The maximum Gasteiger partial charge on any atom is 0.417 e. The minimum Gasteiger partial charge on any atom is -0.408 e. The van der Waals surface area contributed by atoms with Crippen molar-refractivity contribution in [2.45, 2.75) is 4.90 Å². The van der Waals surface area contributed by atoms with Gasteiger partial charge in [0.15, 0.2) is 5.58 Å². The molecule has 0 unspecified atom stereocenters. The van der Waals surface area contributed by atoms with Gasteiger partial charge in [0, 0.05) is 6.07 Å². The number of para-hydroxylation sites is 1. The van der Waals surface area contributed by atoms with Crippen LogP contribution in [0.25, 0.3) is 11.1 Å². The first-order valence-corrected chi connectivity index (χ1v) is 7.34. The Morgan fingerprint density at radius 3 is 2.67 bits per heavy atom. The van der Waals surface area contributed by atoms with Gasteiger partial charge in [-0.3, -0.25) is 9.71 Å². The molecule has 0 aliphatic rings. The van der Waals surface area contributed by atoms with Crippen molar-refractivity contribution in [3.8, 4) is 0 Å². The monoisotopic (exact) mass is 308 g/mol. The van der Waals surface area contributed by atoms with Crippen LogP contribution in [-0.2, 0) is 10.0 Å². The van der Waals surface area contributed by atoms with E-state index in [9.17, 15) is 17.6 Å². The predicted molar refractivity (Wildman–Crippen MR) is 74.0 cm³/mol. The first kappa shape index (κ1) is 13.4. The van der Waals surface area contributed by atoms with E-state index in [4.69, 9.17) is 4.42 Å². The van der Waals surface area contributed by atoms with Gasteiger partial charge in [-0.1, -0.05) is 12.1 Å². The molecule has 1 heterocycles. The van der Waals surface area contributed by atoms with Crippen molar-refractivity contribution in [2.24, 2.45) is 0 Å². The molecule has 2 aromatic carbocycles. The Morgan fingerprint density at radius 1 is 1.14 bits per heavy atom. The molecule has 1 aromatic heterocycles. The average Bonchev–Trinajstić information content (AvgIpc) is 2.80. The second kappa shape index (κ2) is 4.74. The molecule has 0 aliphatic carbocycles. The molecular formula is C13H9FN2O4S. The van der Waals surface area contributed by atoms with Gasteiger partial charge in [0.2, 0.25) is 0 Å². The second-order valence-electron chi connectivity index (χ2n) is 4.26. The molecule has 0 amide bonds. The number of hydrogen-bond donors (Lipinski definition) is 2. The second-order valence-corrected chi connectivity index (χ2v) is 5.94. The molecule has 0 saturated heterocycles. The zero-order chi connectivity index (χ0) is 15.0. The van der Waals surface area contributed by atoms with E-state index in [1.807, 2.05) is 0 Å². The van der Waals surface area contributed by atoms with Gasteiger partial charge in [0.25, 0.3) is 10.0 Å². The fraction of sp³-hybridized carbons (Fsp3) is 0. The summed E-state index contributed by atoms with van der Waals surface area (Å²) < 4.78 is 44.8. The van der Waals surface area contributed by atoms with Crippen LogP contribution in [-0.4, -0.2) is 13.4 Å². The van der Waals surface area contributed by atoms with Crippen LogP contribution in [0.15, 0.2) is 56.6 Å². The molecule has 0 aliphatic heterocycles. The van der Waals surface area contributed by atoms with Crippen LogP contribution >= 0.6 is 0 Å². The number of halogens is 1. The molecule has 0 atom stereocenters. The number of rotatable bonds is 3. The molecule has 0 spiro atoms. The number of anilines is 1. The number of aromatic amines is 1. The van der Waals surface area contributed by atoms with Gasteiger partial charge in [0.1, 0.15) is 5.82 Å². The van der Waals surface area contributed by atoms with Gasteiger partial charge in [-0.15, -0.1) is 0 Å². The highest BCUT2D eigenvalue weighted by atomic mass is 32.2. The zero-order valence-corrected chi connectivity index (χ0v) is 11.3. The van der Waals surface area contributed by atoms with Gasteiger partial charge >= 0.3 is 5.76 Å². The lowest BCUT2D eigenvalue weighted by Crippen LogP contribution is -2.13. The zero-order valence-electron chi connectivity index (χ0n) is 10.5. The standard InChI is InChI=1S/C13H9FN2O4S/c14-9-3-1-2-4-10(9)16-21(18,19)8-5-6-11-12(7-8)20-13(17)15-11/h1-7,16H,(H,15,17). The summed E-state index contributed by atoms with van der Waals surface area (Å²) in [6.07, 6.45) is 0. The molecule has 108 valence electrons. The quantitative estimate of drug-likeness (QED) is 0.774. The Bertz CT molecular complexity index is 975. The number of fused-ring (bicyclic) bond motifs is 1. The van der Waals surface area contributed by atoms with Crippen LogP contribution in [0.4, 0.5) is 10.1 Å². The largest absolute Gasteiger partial charge is 0.417 e. The van der Waals surface area contributed by atoms with Gasteiger partial charge in [0.05, 0.1) is 16.1 Å². The number of benzene rings is 2. The van der Waals surface area contributed by atoms with Gasteiger partial charge in [-0.05, 0) is 24.3 Å². The van der Waals surface area contributed by atoms with Crippen molar-refractivity contribution in [1.29, 1.82) is 0 Å². The summed E-state index contributed by atoms with van der Waals surface area (Å²) in [4.78, 5) is 13.3. The SMILES string of the molecule is O=c1[nH]c2ccc(S(=O)(=O)Nc3ccccc3F)cc2o1. The lowest BCUT2D eigenvalue weighted by molar-refractivity contribution is 0.554. The summed E-state index contributed by atoms with van der Waals surface area (Å²) in [6, 6.07) is 9.29. The molecular weight excluding hydrogens is 299 g/mol. The molecule has 0 radical (unpaired) electrons. The first-order chi connectivity index (χ1) is 9.95. The first-order valence-electron chi connectivity index (χ1n) is 5.86. The highest BCUT2D eigenvalue weighted by Gasteiger charge is 2.17. The molecule has 3 rings (SSSR count). The molecule has 3 aromatic rings. The summed E-state index contributed by atoms with van der Waals surface area (Å²) >= 11 is 0. The fourth-order valence-corrected chi connectivity index (χ4v) is 2.92. The van der Waals surface area contributed by atoms with Crippen molar-refractivity contribution in [3.63, 3.8) is 0 Å². The number of nitrogens with one attached hydrogen (secondary N) is 2. The molecule has 8 heteroatoms. The third-order valence-electron chi connectivity index (χ3n) is 2.82. The van der Waals surface area contributed by atoms with E-state index in [1.54, 1.807) is 0 Å². The van der Waals surface area contributed by atoms with Crippen molar-refractivity contribution < 1.29 is 17.2 Å². The van der Waals surface area contributed by atoms with Gasteiger partial charge in [-0.25, -0.2) is 17.6 Å². The highest BCUT2D eigenvalue weighted by Crippen LogP contribution is 2.21. The van der Waals surface area contributed by atoms with E-state index in [2.05, 4.69) is 9.71 Å². The Balaban J connectivity index is 2.03. The molecule has 0 bridgehead atoms. The number of sulfonamides is 1. The molecule has 2 N–H and O–H groups in total. The van der Waals surface area contributed by atoms with Gasteiger partial charge < -0.3 is 4.42 Å². The van der Waals surface area contributed by atoms with Crippen molar-refractivity contribution in [1.82, 2.24) is 4.98 Å². The Kier molecular flexibility index (Phi) is 3.02. The topological polar surface area (TPSA) is 92.2 Å². The highest BCUT2D eigenvalue weighted by molar-refractivity contribution is 7.92. The number of oxazole rings is 1. The molecule has 6 nitrogen and oxygen atoms in total. The van der Waals surface area contributed by atoms with Crippen LogP contribution in [0.5, 0.6) is 0 Å². The number of hydrogen-bond acceptors (Lipinski definition) is 4. The summed E-state index contributed by atoms with van der Waals surface area (Å²) in [5, 5.41) is 0. The molecule has 0 saturated carbocycles. The Hall–Kier alpha value is -2.61.